The summed E-state index contributed by atoms with van der Waals surface area (Å²) in [6.45, 7) is 1.09. The third-order valence-corrected chi connectivity index (χ3v) is 3.97. The van der Waals surface area contributed by atoms with Crippen molar-refractivity contribution in [2.45, 2.75) is 37.9 Å². The average Bonchev–Trinajstić information content (AvgIpc) is 2.99. The van der Waals surface area contributed by atoms with Crippen LogP contribution in [-0.4, -0.2) is 41.6 Å². The van der Waals surface area contributed by atoms with Crippen molar-refractivity contribution in [3.05, 3.63) is 0 Å². The molecule has 1 unspecified atom stereocenters. The maximum atomic E-state index is 12.9. The molecule has 0 radical (unpaired) electrons. The van der Waals surface area contributed by atoms with Gasteiger partial charge in [-0.15, -0.1) is 0 Å². The lowest BCUT2D eigenvalue weighted by Gasteiger charge is -2.25. The Morgan fingerprint density at radius 1 is 1.37 bits per heavy atom. The summed E-state index contributed by atoms with van der Waals surface area (Å²) in [7, 11) is 0. The highest BCUT2D eigenvalue weighted by atomic mass is 19.4. The topological polar surface area (TPSA) is 75.4 Å². The zero-order chi connectivity index (χ0) is 14.5. The molecule has 108 valence electrons. The SMILES string of the molecule is CC1(C(F)(F)F)NC(=O)N(CC2(CCN)CC2)C1=O. The van der Waals surface area contributed by atoms with Gasteiger partial charge in [-0.05, 0) is 38.1 Å². The molecule has 19 heavy (non-hydrogen) atoms. The number of alkyl halides is 3. The number of hydrogen-bond acceptors (Lipinski definition) is 3. The van der Waals surface area contributed by atoms with Crippen molar-refractivity contribution in [1.82, 2.24) is 10.2 Å². The van der Waals surface area contributed by atoms with Gasteiger partial charge in [0.05, 0.1) is 0 Å². The quantitative estimate of drug-likeness (QED) is 0.753. The predicted molar refractivity (Wildman–Crippen MR) is 60.0 cm³/mol. The zero-order valence-corrected chi connectivity index (χ0v) is 10.5. The minimum Gasteiger partial charge on any atom is -0.330 e. The molecule has 1 saturated carbocycles. The fourth-order valence-corrected chi connectivity index (χ4v) is 2.34. The molecule has 0 spiro atoms. The lowest BCUT2D eigenvalue weighted by molar-refractivity contribution is -0.191. The molecular formula is C11H16F3N3O2. The summed E-state index contributed by atoms with van der Waals surface area (Å²) in [4.78, 5) is 24.2. The Labute approximate surface area is 108 Å². The van der Waals surface area contributed by atoms with E-state index >= 15 is 0 Å². The Morgan fingerprint density at radius 2 is 1.95 bits per heavy atom. The van der Waals surface area contributed by atoms with Crippen molar-refractivity contribution in [2.75, 3.05) is 13.1 Å². The Bertz CT molecular complexity index is 420. The van der Waals surface area contributed by atoms with Crippen LogP contribution < -0.4 is 11.1 Å². The summed E-state index contributed by atoms with van der Waals surface area (Å²) in [5, 5.41) is 1.74. The van der Waals surface area contributed by atoms with E-state index in [0.717, 1.165) is 12.8 Å². The molecular weight excluding hydrogens is 263 g/mol. The second-order valence-electron chi connectivity index (χ2n) is 5.48. The van der Waals surface area contributed by atoms with Gasteiger partial charge < -0.3 is 11.1 Å². The van der Waals surface area contributed by atoms with Crippen LogP contribution in [0.1, 0.15) is 26.2 Å². The Morgan fingerprint density at radius 3 is 2.32 bits per heavy atom. The number of nitrogens with one attached hydrogen (secondary N) is 1. The molecule has 0 bridgehead atoms. The average molecular weight is 279 g/mol. The van der Waals surface area contributed by atoms with Crippen LogP contribution in [0.4, 0.5) is 18.0 Å². The first-order chi connectivity index (χ1) is 8.65. The largest absolute Gasteiger partial charge is 0.420 e. The molecule has 1 atom stereocenters. The number of nitrogens with zero attached hydrogens (tertiary/aromatic N) is 1. The smallest absolute Gasteiger partial charge is 0.330 e. The number of carbonyl (C=O) groups is 2. The highest BCUT2D eigenvalue weighted by Crippen LogP contribution is 2.50. The number of urea groups is 1. The Balaban J connectivity index is 2.16. The van der Waals surface area contributed by atoms with E-state index in [1.54, 1.807) is 5.32 Å². The van der Waals surface area contributed by atoms with Crippen molar-refractivity contribution in [3.8, 4) is 0 Å². The Hall–Kier alpha value is -1.31. The molecule has 1 heterocycles. The van der Waals surface area contributed by atoms with Crippen molar-refractivity contribution in [3.63, 3.8) is 0 Å². The maximum Gasteiger partial charge on any atom is 0.420 e. The van der Waals surface area contributed by atoms with E-state index < -0.39 is 23.7 Å². The maximum absolute atomic E-state index is 12.9. The van der Waals surface area contributed by atoms with E-state index in [4.69, 9.17) is 5.73 Å². The first-order valence-electron chi connectivity index (χ1n) is 6.06. The molecule has 0 aromatic carbocycles. The highest BCUT2D eigenvalue weighted by Gasteiger charge is 2.65. The van der Waals surface area contributed by atoms with E-state index in [2.05, 4.69) is 0 Å². The summed E-state index contributed by atoms with van der Waals surface area (Å²) < 4.78 is 38.6. The van der Waals surface area contributed by atoms with Gasteiger partial charge in [-0.3, -0.25) is 9.69 Å². The van der Waals surface area contributed by atoms with Crippen LogP contribution in [0.25, 0.3) is 0 Å². The van der Waals surface area contributed by atoms with Crippen LogP contribution in [0.3, 0.4) is 0 Å². The van der Waals surface area contributed by atoms with E-state index in [0.29, 0.717) is 24.8 Å². The number of halogens is 3. The van der Waals surface area contributed by atoms with Crippen molar-refractivity contribution >= 4 is 11.9 Å². The minimum absolute atomic E-state index is 0.0144. The standard InChI is InChI=1S/C11H16F3N3O2/c1-9(11(12,13)14)7(18)17(8(19)16-9)6-10(2-3-10)4-5-15/h2-6,15H2,1H3,(H,16,19). The van der Waals surface area contributed by atoms with Crippen molar-refractivity contribution in [2.24, 2.45) is 11.1 Å². The van der Waals surface area contributed by atoms with Crippen LogP contribution in [0.5, 0.6) is 0 Å². The van der Waals surface area contributed by atoms with E-state index in [9.17, 15) is 22.8 Å². The van der Waals surface area contributed by atoms with Gasteiger partial charge in [-0.2, -0.15) is 13.2 Å². The monoisotopic (exact) mass is 279 g/mol. The third kappa shape index (κ3) is 2.18. The fourth-order valence-electron chi connectivity index (χ4n) is 2.34. The summed E-state index contributed by atoms with van der Waals surface area (Å²) >= 11 is 0. The van der Waals surface area contributed by atoms with Crippen molar-refractivity contribution < 1.29 is 22.8 Å². The molecule has 1 saturated heterocycles. The van der Waals surface area contributed by atoms with E-state index in [-0.39, 0.29) is 12.0 Å². The molecule has 3 amide bonds. The minimum atomic E-state index is -4.81. The third-order valence-electron chi connectivity index (χ3n) is 3.97. The number of hydrogen-bond donors (Lipinski definition) is 2. The van der Waals surface area contributed by atoms with E-state index in [1.807, 2.05) is 0 Å². The van der Waals surface area contributed by atoms with Gasteiger partial charge in [0.1, 0.15) is 0 Å². The van der Waals surface area contributed by atoms with E-state index in [1.165, 1.54) is 0 Å². The second-order valence-corrected chi connectivity index (χ2v) is 5.48. The number of carbonyl (C=O) groups excluding carboxylic acids is 2. The van der Waals surface area contributed by atoms with Crippen LogP contribution in [0.2, 0.25) is 0 Å². The van der Waals surface area contributed by atoms with Gasteiger partial charge in [-0.25, -0.2) is 4.79 Å². The molecule has 1 aliphatic carbocycles. The normalized spacial score (nSPS) is 29.6. The number of amides is 3. The number of imide groups is 1. The van der Waals surface area contributed by atoms with Crippen molar-refractivity contribution in [1.29, 1.82) is 0 Å². The number of nitrogens with two attached hydrogens (primary N) is 1. The molecule has 0 aromatic rings. The molecule has 3 N–H and O–H groups in total. The van der Waals surface area contributed by atoms with Crippen LogP contribution in [0, 0.1) is 5.41 Å². The van der Waals surface area contributed by atoms with Gasteiger partial charge in [0.15, 0.2) is 0 Å². The lowest BCUT2D eigenvalue weighted by atomic mass is 9.99. The highest BCUT2D eigenvalue weighted by molar-refractivity contribution is 6.07. The predicted octanol–water partition coefficient (Wildman–Crippen LogP) is 0.988. The van der Waals surface area contributed by atoms with Crippen LogP contribution in [-0.2, 0) is 4.79 Å². The van der Waals surface area contributed by atoms with Gasteiger partial charge >= 0.3 is 12.2 Å². The van der Waals surface area contributed by atoms with Gasteiger partial charge in [-0.1, -0.05) is 0 Å². The number of rotatable bonds is 4. The summed E-state index contributed by atoms with van der Waals surface area (Å²) in [6, 6.07) is -0.979. The molecule has 2 aliphatic rings. The molecule has 1 aliphatic heterocycles. The molecule has 8 heteroatoms. The van der Waals surface area contributed by atoms with Crippen LogP contribution in [0.15, 0.2) is 0 Å². The summed E-state index contributed by atoms with van der Waals surface area (Å²) in [5.41, 5.74) is 2.34. The fraction of sp³-hybridized carbons (Fsp3) is 0.818. The first-order valence-corrected chi connectivity index (χ1v) is 6.06. The van der Waals surface area contributed by atoms with Crippen LogP contribution >= 0.6 is 0 Å². The zero-order valence-electron chi connectivity index (χ0n) is 10.5. The van der Waals surface area contributed by atoms with Gasteiger partial charge in [0.25, 0.3) is 5.91 Å². The molecule has 2 rings (SSSR count). The molecule has 2 fully saturated rings. The van der Waals surface area contributed by atoms with Gasteiger partial charge in [0.2, 0.25) is 5.54 Å². The summed E-state index contributed by atoms with van der Waals surface area (Å²) in [5.74, 6) is -1.23. The second kappa shape index (κ2) is 4.09. The lowest BCUT2D eigenvalue weighted by Crippen LogP contribution is -2.56. The Kier molecular flexibility index (Phi) is 3.04. The summed E-state index contributed by atoms with van der Waals surface area (Å²) in [6.07, 6.45) is -2.64. The van der Waals surface area contributed by atoms with Gasteiger partial charge in [0, 0.05) is 6.54 Å². The first kappa shape index (κ1) is 14.1. The molecule has 5 nitrogen and oxygen atoms in total. The molecule has 0 aromatic heterocycles.